The third-order valence-electron chi connectivity index (χ3n) is 3.96. The van der Waals surface area contributed by atoms with Gasteiger partial charge in [0.1, 0.15) is 5.76 Å². The minimum Gasteiger partial charge on any atom is -0.458 e. The van der Waals surface area contributed by atoms with Gasteiger partial charge in [-0.1, -0.05) is 61.0 Å². The second kappa shape index (κ2) is 5.92. The molecule has 3 rings (SSSR count). The van der Waals surface area contributed by atoms with E-state index >= 15 is 0 Å². The molecule has 0 aliphatic carbocycles. The van der Waals surface area contributed by atoms with E-state index in [9.17, 15) is 0 Å². The van der Waals surface area contributed by atoms with Crippen molar-refractivity contribution in [2.45, 2.75) is 18.9 Å². The lowest BCUT2D eigenvalue weighted by Gasteiger charge is -2.22. The van der Waals surface area contributed by atoms with E-state index in [-0.39, 0.29) is 6.04 Å². The van der Waals surface area contributed by atoms with Crippen LogP contribution in [0.5, 0.6) is 0 Å². The largest absolute Gasteiger partial charge is 0.458 e. The fourth-order valence-electron chi connectivity index (χ4n) is 2.79. The Morgan fingerprint density at radius 3 is 2.48 bits per heavy atom. The molecule has 3 aromatic rings. The van der Waals surface area contributed by atoms with Crippen LogP contribution in [0.4, 0.5) is 0 Å². The Labute approximate surface area is 129 Å². The molecule has 108 valence electrons. The zero-order valence-corrected chi connectivity index (χ0v) is 12.9. The van der Waals surface area contributed by atoms with Gasteiger partial charge < -0.3 is 9.73 Å². The van der Waals surface area contributed by atoms with Crippen molar-refractivity contribution in [1.29, 1.82) is 0 Å². The molecule has 0 aliphatic rings. The molecular weight excluding hydrogens is 282 g/mol. The SMILES string of the molecule is CNC(c1cc2cccc(Cl)c2o1)C(C)c1ccccc1. The molecule has 2 nitrogen and oxygen atoms in total. The van der Waals surface area contributed by atoms with Crippen LogP contribution in [0.2, 0.25) is 5.02 Å². The number of likely N-dealkylation sites (N-methyl/N-ethyl adjacent to an activating group) is 1. The molecule has 0 saturated carbocycles. The summed E-state index contributed by atoms with van der Waals surface area (Å²) >= 11 is 6.20. The van der Waals surface area contributed by atoms with Crippen LogP contribution in [0.1, 0.15) is 30.2 Å². The van der Waals surface area contributed by atoms with Gasteiger partial charge in [-0.3, -0.25) is 0 Å². The minimum atomic E-state index is 0.107. The molecule has 1 aromatic heterocycles. The predicted octanol–water partition coefficient (Wildman–Crippen LogP) is 5.15. The molecular formula is C18H18ClNO. The maximum absolute atomic E-state index is 6.20. The average Bonchev–Trinajstić information content (AvgIpc) is 2.94. The zero-order chi connectivity index (χ0) is 14.8. The predicted molar refractivity (Wildman–Crippen MR) is 87.9 cm³/mol. The smallest absolute Gasteiger partial charge is 0.152 e. The number of halogens is 1. The fourth-order valence-corrected chi connectivity index (χ4v) is 3.01. The molecule has 21 heavy (non-hydrogen) atoms. The second-order valence-electron chi connectivity index (χ2n) is 5.27. The fraction of sp³-hybridized carbons (Fsp3) is 0.222. The maximum Gasteiger partial charge on any atom is 0.152 e. The van der Waals surface area contributed by atoms with Crippen molar-refractivity contribution in [2.75, 3.05) is 7.05 Å². The highest BCUT2D eigenvalue weighted by molar-refractivity contribution is 6.34. The highest BCUT2D eigenvalue weighted by Gasteiger charge is 2.23. The Balaban J connectivity index is 2.00. The molecule has 2 aromatic carbocycles. The van der Waals surface area contributed by atoms with Crippen LogP contribution < -0.4 is 5.32 Å². The number of nitrogens with one attached hydrogen (secondary N) is 1. The van der Waals surface area contributed by atoms with E-state index in [1.807, 2.05) is 31.3 Å². The van der Waals surface area contributed by atoms with Crippen LogP contribution in [-0.4, -0.2) is 7.05 Å². The van der Waals surface area contributed by atoms with Gasteiger partial charge in [0.05, 0.1) is 11.1 Å². The summed E-state index contributed by atoms with van der Waals surface area (Å²) in [5, 5.41) is 5.05. The first-order valence-electron chi connectivity index (χ1n) is 7.11. The zero-order valence-electron chi connectivity index (χ0n) is 12.1. The molecule has 0 spiro atoms. The summed E-state index contributed by atoms with van der Waals surface area (Å²) < 4.78 is 6.00. The minimum absolute atomic E-state index is 0.107. The van der Waals surface area contributed by atoms with Crippen LogP contribution in [0.25, 0.3) is 11.0 Å². The number of benzene rings is 2. The molecule has 2 unspecified atom stereocenters. The lowest BCUT2D eigenvalue weighted by molar-refractivity contribution is 0.410. The van der Waals surface area contributed by atoms with E-state index in [0.29, 0.717) is 10.9 Å². The number of rotatable bonds is 4. The lowest BCUT2D eigenvalue weighted by Crippen LogP contribution is -2.21. The summed E-state index contributed by atoms with van der Waals surface area (Å²) in [6.45, 7) is 2.20. The van der Waals surface area contributed by atoms with Gasteiger partial charge in [-0.05, 0) is 24.7 Å². The van der Waals surface area contributed by atoms with Crippen LogP contribution in [0, 0.1) is 0 Å². The first kappa shape index (κ1) is 14.2. The van der Waals surface area contributed by atoms with Gasteiger partial charge in [-0.25, -0.2) is 0 Å². The van der Waals surface area contributed by atoms with E-state index in [1.165, 1.54) is 5.56 Å². The van der Waals surface area contributed by atoms with E-state index in [0.717, 1.165) is 16.7 Å². The van der Waals surface area contributed by atoms with Gasteiger partial charge in [-0.15, -0.1) is 0 Å². The van der Waals surface area contributed by atoms with Crippen LogP contribution in [0.3, 0.4) is 0 Å². The Kier molecular flexibility index (Phi) is 4.00. The van der Waals surface area contributed by atoms with Gasteiger partial charge >= 0.3 is 0 Å². The van der Waals surface area contributed by atoms with Gasteiger partial charge in [0.2, 0.25) is 0 Å². The summed E-state index contributed by atoms with van der Waals surface area (Å²) in [5.41, 5.74) is 2.04. The Morgan fingerprint density at radius 1 is 1.05 bits per heavy atom. The molecule has 3 heteroatoms. The van der Waals surface area contributed by atoms with Gasteiger partial charge in [0, 0.05) is 11.3 Å². The van der Waals surface area contributed by atoms with Gasteiger partial charge in [-0.2, -0.15) is 0 Å². The molecule has 0 amide bonds. The second-order valence-corrected chi connectivity index (χ2v) is 5.68. The van der Waals surface area contributed by atoms with Crippen molar-refractivity contribution in [2.24, 2.45) is 0 Å². The lowest BCUT2D eigenvalue weighted by atomic mass is 9.92. The molecule has 2 atom stereocenters. The molecule has 0 fully saturated rings. The van der Waals surface area contributed by atoms with Crippen molar-refractivity contribution in [3.63, 3.8) is 0 Å². The summed E-state index contributed by atoms with van der Waals surface area (Å²) in [5.74, 6) is 1.22. The maximum atomic E-state index is 6.20. The van der Waals surface area contributed by atoms with Crippen molar-refractivity contribution < 1.29 is 4.42 Å². The standard InChI is InChI=1S/C18H18ClNO/c1-12(13-7-4-3-5-8-13)17(20-2)16-11-14-9-6-10-15(19)18(14)21-16/h3-12,17,20H,1-2H3. The number of para-hydroxylation sites is 1. The van der Waals surface area contributed by atoms with Crippen molar-refractivity contribution in [3.8, 4) is 0 Å². The van der Waals surface area contributed by atoms with Crippen LogP contribution >= 0.6 is 11.6 Å². The van der Waals surface area contributed by atoms with E-state index in [4.69, 9.17) is 16.0 Å². The Hall–Kier alpha value is -1.77. The molecule has 1 N–H and O–H groups in total. The molecule has 0 radical (unpaired) electrons. The van der Waals surface area contributed by atoms with E-state index in [1.54, 1.807) is 0 Å². The number of hydrogen-bond donors (Lipinski definition) is 1. The monoisotopic (exact) mass is 299 g/mol. The van der Waals surface area contributed by atoms with Crippen molar-refractivity contribution in [1.82, 2.24) is 5.32 Å². The summed E-state index contributed by atoms with van der Waals surface area (Å²) in [4.78, 5) is 0. The Morgan fingerprint density at radius 2 is 1.81 bits per heavy atom. The normalized spacial score (nSPS) is 14.2. The molecule has 0 bridgehead atoms. The number of furan rings is 1. The Bertz CT molecular complexity index is 735. The molecule has 0 saturated heterocycles. The summed E-state index contributed by atoms with van der Waals surface area (Å²) in [7, 11) is 1.96. The van der Waals surface area contributed by atoms with Crippen LogP contribution in [0.15, 0.2) is 59.0 Å². The first-order valence-corrected chi connectivity index (χ1v) is 7.48. The number of fused-ring (bicyclic) bond motifs is 1. The quantitative estimate of drug-likeness (QED) is 0.720. The van der Waals surface area contributed by atoms with Crippen molar-refractivity contribution in [3.05, 3.63) is 70.9 Å². The highest BCUT2D eigenvalue weighted by atomic mass is 35.5. The van der Waals surface area contributed by atoms with E-state index in [2.05, 4.69) is 42.6 Å². The summed E-state index contributed by atoms with van der Waals surface area (Å²) in [6, 6.07) is 18.4. The molecule has 0 aliphatic heterocycles. The highest BCUT2D eigenvalue weighted by Crippen LogP contribution is 2.35. The van der Waals surface area contributed by atoms with Gasteiger partial charge in [0.15, 0.2) is 5.58 Å². The average molecular weight is 300 g/mol. The van der Waals surface area contributed by atoms with Gasteiger partial charge in [0.25, 0.3) is 0 Å². The van der Waals surface area contributed by atoms with E-state index < -0.39 is 0 Å². The van der Waals surface area contributed by atoms with Crippen molar-refractivity contribution >= 4 is 22.6 Å². The third kappa shape index (κ3) is 2.69. The first-order chi connectivity index (χ1) is 10.2. The molecule has 1 heterocycles. The number of hydrogen-bond acceptors (Lipinski definition) is 2. The topological polar surface area (TPSA) is 25.2 Å². The summed E-state index contributed by atoms with van der Waals surface area (Å²) in [6.07, 6.45) is 0. The van der Waals surface area contributed by atoms with Crippen LogP contribution in [-0.2, 0) is 0 Å². The third-order valence-corrected chi connectivity index (χ3v) is 4.26.